The van der Waals surface area contributed by atoms with Gasteiger partial charge in [0.15, 0.2) is 0 Å². The third-order valence-corrected chi connectivity index (χ3v) is 4.97. The fraction of sp³-hybridized carbons (Fsp3) is 0.176. The predicted molar refractivity (Wildman–Crippen MR) is 96.8 cm³/mol. The molecular formula is C17H15BrFN5. The molecule has 1 aromatic heterocycles. The number of halogens is 2. The van der Waals surface area contributed by atoms with Crippen LogP contribution in [0.1, 0.15) is 12.0 Å². The van der Waals surface area contributed by atoms with Crippen LogP contribution >= 0.6 is 15.9 Å². The van der Waals surface area contributed by atoms with Crippen molar-refractivity contribution < 1.29 is 4.39 Å². The summed E-state index contributed by atoms with van der Waals surface area (Å²) in [5.41, 5.74) is 5.23. The first kappa shape index (κ1) is 15.3. The summed E-state index contributed by atoms with van der Waals surface area (Å²) in [6.45, 7) is 0.758. The molecule has 0 aliphatic carbocycles. The minimum Gasteiger partial charge on any atom is -0.325 e. The van der Waals surface area contributed by atoms with Crippen LogP contribution in [-0.4, -0.2) is 16.5 Å². The average molecular weight is 388 g/mol. The normalized spacial score (nSPS) is 13.9. The zero-order chi connectivity index (χ0) is 16.7. The molecule has 0 spiro atoms. The van der Waals surface area contributed by atoms with E-state index < -0.39 is 0 Å². The summed E-state index contributed by atoms with van der Waals surface area (Å²) in [6, 6.07) is 10.8. The SMILES string of the molecule is NNc1nc(N2CCCc3c(Br)cccc32)c2c(F)cccc2n1. The van der Waals surface area contributed by atoms with Crippen LogP contribution in [0.5, 0.6) is 0 Å². The van der Waals surface area contributed by atoms with Crippen molar-refractivity contribution in [1.29, 1.82) is 0 Å². The Kier molecular flexibility index (Phi) is 3.82. The van der Waals surface area contributed by atoms with Gasteiger partial charge in [0.1, 0.15) is 11.6 Å². The number of nitrogens with two attached hydrogens (primary N) is 1. The van der Waals surface area contributed by atoms with E-state index in [-0.39, 0.29) is 11.8 Å². The Balaban J connectivity index is 2.00. The van der Waals surface area contributed by atoms with E-state index in [1.807, 2.05) is 23.1 Å². The van der Waals surface area contributed by atoms with Crippen LogP contribution in [0.3, 0.4) is 0 Å². The number of rotatable bonds is 2. The van der Waals surface area contributed by atoms with Crippen LogP contribution in [0.4, 0.5) is 21.8 Å². The summed E-state index contributed by atoms with van der Waals surface area (Å²) in [6.07, 6.45) is 1.93. The van der Waals surface area contributed by atoms with E-state index in [0.717, 1.165) is 29.5 Å². The van der Waals surface area contributed by atoms with E-state index in [2.05, 4.69) is 31.3 Å². The van der Waals surface area contributed by atoms with Gasteiger partial charge in [0.25, 0.3) is 0 Å². The fourth-order valence-corrected chi connectivity index (χ4v) is 3.74. The molecule has 0 saturated carbocycles. The van der Waals surface area contributed by atoms with Crippen LogP contribution in [0.2, 0.25) is 0 Å². The molecule has 3 aromatic rings. The van der Waals surface area contributed by atoms with Gasteiger partial charge in [-0.2, -0.15) is 4.98 Å². The highest BCUT2D eigenvalue weighted by Gasteiger charge is 2.24. The molecule has 122 valence electrons. The van der Waals surface area contributed by atoms with Crippen molar-refractivity contribution in [3.05, 3.63) is 52.3 Å². The van der Waals surface area contributed by atoms with E-state index in [9.17, 15) is 4.39 Å². The maximum absolute atomic E-state index is 14.5. The number of hydrogen-bond acceptors (Lipinski definition) is 5. The highest BCUT2D eigenvalue weighted by Crippen LogP contribution is 2.39. The molecular weight excluding hydrogens is 373 g/mol. The minimum atomic E-state index is -0.340. The van der Waals surface area contributed by atoms with Gasteiger partial charge >= 0.3 is 0 Å². The van der Waals surface area contributed by atoms with Crippen LogP contribution in [0.25, 0.3) is 10.9 Å². The van der Waals surface area contributed by atoms with Crippen LogP contribution in [0.15, 0.2) is 40.9 Å². The van der Waals surface area contributed by atoms with Crippen LogP contribution in [-0.2, 0) is 6.42 Å². The lowest BCUT2D eigenvalue weighted by atomic mass is 10.0. The second-order valence-corrected chi connectivity index (χ2v) is 6.50. The number of nitrogens with one attached hydrogen (secondary N) is 1. The second kappa shape index (κ2) is 5.99. The van der Waals surface area contributed by atoms with Gasteiger partial charge in [-0.3, -0.25) is 5.43 Å². The number of nitrogen functional groups attached to an aromatic ring is 1. The third-order valence-electron chi connectivity index (χ3n) is 4.23. The highest BCUT2D eigenvalue weighted by molar-refractivity contribution is 9.10. The topological polar surface area (TPSA) is 67.1 Å². The smallest absolute Gasteiger partial charge is 0.239 e. The Labute approximate surface area is 146 Å². The first-order chi connectivity index (χ1) is 11.7. The van der Waals surface area contributed by atoms with Gasteiger partial charge in [0.2, 0.25) is 5.95 Å². The predicted octanol–water partition coefficient (Wildman–Crippen LogP) is 3.90. The molecule has 7 heteroatoms. The molecule has 0 amide bonds. The summed E-state index contributed by atoms with van der Waals surface area (Å²) in [4.78, 5) is 10.8. The molecule has 0 fully saturated rings. The Morgan fingerprint density at radius 2 is 2.00 bits per heavy atom. The van der Waals surface area contributed by atoms with E-state index in [4.69, 9.17) is 5.84 Å². The number of anilines is 3. The standard InChI is InChI=1S/C17H15BrFN5/c18-11-5-1-8-14-10(11)4-3-9-24(14)16-15-12(19)6-2-7-13(15)21-17(22-16)23-20/h1-2,5-8H,3-4,9,20H2,(H,21,22,23). The lowest BCUT2D eigenvalue weighted by molar-refractivity contribution is 0.638. The zero-order valence-electron chi connectivity index (χ0n) is 12.8. The van der Waals surface area contributed by atoms with Gasteiger partial charge in [-0.15, -0.1) is 0 Å². The van der Waals surface area contributed by atoms with E-state index in [0.29, 0.717) is 16.7 Å². The summed E-state index contributed by atoms with van der Waals surface area (Å²) < 4.78 is 15.6. The van der Waals surface area contributed by atoms with Gasteiger partial charge in [0.05, 0.1) is 10.9 Å². The summed E-state index contributed by atoms with van der Waals surface area (Å²) >= 11 is 3.61. The van der Waals surface area contributed by atoms with Crippen LogP contribution < -0.4 is 16.2 Å². The third kappa shape index (κ3) is 2.40. The van der Waals surface area contributed by atoms with Gasteiger partial charge in [-0.05, 0) is 42.7 Å². The van der Waals surface area contributed by atoms with Gasteiger partial charge < -0.3 is 4.90 Å². The van der Waals surface area contributed by atoms with E-state index in [1.165, 1.54) is 11.6 Å². The van der Waals surface area contributed by atoms with Crippen molar-refractivity contribution >= 4 is 44.3 Å². The summed E-state index contributed by atoms with van der Waals surface area (Å²) in [7, 11) is 0. The van der Waals surface area contributed by atoms with Crippen LogP contribution in [0, 0.1) is 5.82 Å². The van der Waals surface area contributed by atoms with Gasteiger partial charge in [-0.1, -0.05) is 28.1 Å². The quantitative estimate of drug-likeness (QED) is 0.515. The van der Waals surface area contributed by atoms with Crippen molar-refractivity contribution in [1.82, 2.24) is 9.97 Å². The number of hydrazine groups is 1. The van der Waals surface area contributed by atoms with Crippen molar-refractivity contribution in [2.45, 2.75) is 12.8 Å². The van der Waals surface area contributed by atoms with Crippen molar-refractivity contribution in [3.63, 3.8) is 0 Å². The Morgan fingerprint density at radius 1 is 1.17 bits per heavy atom. The molecule has 5 nitrogen and oxygen atoms in total. The minimum absolute atomic E-state index is 0.269. The molecule has 0 radical (unpaired) electrons. The Morgan fingerprint density at radius 3 is 2.83 bits per heavy atom. The molecule has 1 aliphatic rings. The second-order valence-electron chi connectivity index (χ2n) is 5.64. The lowest BCUT2D eigenvalue weighted by Crippen LogP contribution is -2.26. The molecule has 0 atom stereocenters. The van der Waals surface area contributed by atoms with Crippen molar-refractivity contribution in [2.24, 2.45) is 5.84 Å². The van der Waals surface area contributed by atoms with Crippen molar-refractivity contribution in [3.8, 4) is 0 Å². The average Bonchev–Trinajstić information content (AvgIpc) is 2.61. The number of hydrogen-bond donors (Lipinski definition) is 2. The molecule has 2 heterocycles. The fourth-order valence-electron chi connectivity index (χ4n) is 3.18. The lowest BCUT2D eigenvalue weighted by Gasteiger charge is -2.32. The maximum Gasteiger partial charge on any atom is 0.239 e. The molecule has 3 N–H and O–H groups in total. The number of benzene rings is 2. The number of fused-ring (bicyclic) bond motifs is 2. The summed E-state index contributed by atoms with van der Waals surface area (Å²) in [5.74, 6) is 5.96. The van der Waals surface area contributed by atoms with E-state index in [1.54, 1.807) is 12.1 Å². The van der Waals surface area contributed by atoms with Gasteiger partial charge in [-0.25, -0.2) is 15.2 Å². The zero-order valence-corrected chi connectivity index (χ0v) is 14.3. The molecule has 2 aromatic carbocycles. The molecule has 1 aliphatic heterocycles. The Hall–Kier alpha value is -2.25. The molecule has 0 saturated heterocycles. The Bertz CT molecular complexity index is 930. The highest BCUT2D eigenvalue weighted by atomic mass is 79.9. The number of aromatic nitrogens is 2. The maximum atomic E-state index is 14.5. The van der Waals surface area contributed by atoms with Crippen molar-refractivity contribution in [2.75, 3.05) is 16.9 Å². The van der Waals surface area contributed by atoms with E-state index >= 15 is 0 Å². The first-order valence-electron chi connectivity index (χ1n) is 7.67. The molecule has 24 heavy (non-hydrogen) atoms. The summed E-state index contributed by atoms with van der Waals surface area (Å²) in [5, 5.41) is 0.407. The molecule has 0 unspecified atom stereocenters. The number of nitrogens with zero attached hydrogens (tertiary/aromatic N) is 3. The first-order valence-corrected chi connectivity index (χ1v) is 8.46. The molecule has 4 rings (SSSR count). The largest absolute Gasteiger partial charge is 0.325 e. The molecule has 0 bridgehead atoms. The van der Waals surface area contributed by atoms with Gasteiger partial charge in [0, 0.05) is 16.7 Å². The monoisotopic (exact) mass is 387 g/mol.